The van der Waals surface area contributed by atoms with Gasteiger partial charge < -0.3 is 10.2 Å². The minimum absolute atomic E-state index is 0.0932. The van der Waals surface area contributed by atoms with Crippen molar-refractivity contribution in [3.05, 3.63) is 23.9 Å². The normalized spacial score (nSPS) is 18.2. The summed E-state index contributed by atoms with van der Waals surface area (Å²) in [7, 11) is 1.80. The summed E-state index contributed by atoms with van der Waals surface area (Å²) in [6, 6.07) is 3.66. The standard InChI is InChI=1S/C15H23N3O/c1-4-15(2)7-10-18(11-8-15)14(19)12-6-5-9-17-13(12)16-3/h5-6,9H,4,7-8,10-11H2,1-3H3,(H,16,17). The van der Waals surface area contributed by atoms with E-state index in [1.807, 2.05) is 17.0 Å². The summed E-state index contributed by atoms with van der Waals surface area (Å²) in [6.07, 6.45) is 5.06. The summed E-state index contributed by atoms with van der Waals surface area (Å²) < 4.78 is 0. The van der Waals surface area contributed by atoms with Gasteiger partial charge in [-0.25, -0.2) is 4.98 Å². The molecule has 4 heteroatoms. The second-order valence-electron chi connectivity index (χ2n) is 5.61. The molecule has 1 amide bonds. The lowest BCUT2D eigenvalue weighted by molar-refractivity contribution is 0.0601. The molecule has 19 heavy (non-hydrogen) atoms. The van der Waals surface area contributed by atoms with Crippen molar-refractivity contribution in [2.24, 2.45) is 5.41 Å². The lowest BCUT2D eigenvalue weighted by Crippen LogP contribution is -2.42. The molecule has 0 aromatic carbocycles. The molecule has 1 aliphatic rings. The molecule has 1 aliphatic heterocycles. The number of pyridine rings is 1. The maximum absolute atomic E-state index is 12.5. The first kappa shape index (κ1) is 13.8. The second kappa shape index (κ2) is 5.59. The van der Waals surface area contributed by atoms with E-state index in [4.69, 9.17) is 0 Å². The maximum Gasteiger partial charge on any atom is 0.257 e. The number of nitrogens with zero attached hydrogens (tertiary/aromatic N) is 2. The van der Waals surface area contributed by atoms with E-state index in [2.05, 4.69) is 24.1 Å². The number of anilines is 1. The van der Waals surface area contributed by atoms with E-state index in [1.165, 1.54) is 6.42 Å². The van der Waals surface area contributed by atoms with Crippen molar-refractivity contribution in [1.82, 2.24) is 9.88 Å². The maximum atomic E-state index is 12.5. The van der Waals surface area contributed by atoms with E-state index in [0.29, 0.717) is 16.8 Å². The highest BCUT2D eigenvalue weighted by molar-refractivity contribution is 5.98. The Kier molecular flexibility index (Phi) is 4.08. The fraction of sp³-hybridized carbons (Fsp3) is 0.600. The number of amides is 1. The van der Waals surface area contributed by atoms with Crippen molar-refractivity contribution in [3.63, 3.8) is 0 Å². The third kappa shape index (κ3) is 2.88. The Morgan fingerprint density at radius 3 is 2.74 bits per heavy atom. The fourth-order valence-electron chi connectivity index (χ4n) is 2.55. The molecule has 0 atom stereocenters. The summed E-state index contributed by atoms with van der Waals surface area (Å²) in [5.74, 6) is 0.756. The summed E-state index contributed by atoms with van der Waals surface area (Å²) in [5.41, 5.74) is 1.07. The quantitative estimate of drug-likeness (QED) is 0.910. The molecule has 0 aliphatic carbocycles. The fourth-order valence-corrected chi connectivity index (χ4v) is 2.55. The van der Waals surface area contributed by atoms with Crippen LogP contribution in [0.2, 0.25) is 0 Å². The number of rotatable bonds is 3. The number of piperidine rings is 1. The Labute approximate surface area is 115 Å². The molecule has 4 nitrogen and oxygen atoms in total. The molecule has 1 fully saturated rings. The van der Waals surface area contributed by atoms with Gasteiger partial charge in [-0.05, 0) is 30.4 Å². The molecule has 0 spiro atoms. The van der Waals surface area contributed by atoms with Gasteiger partial charge >= 0.3 is 0 Å². The van der Waals surface area contributed by atoms with E-state index in [0.717, 1.165) is 25.9 Å². The first-order valence-corrected chi connectivity index (χ1v) is 7.02. The van der Waals surface area contributed by atoms with Crippen LogP contribution in [0, 0.1) is 5.41 Å². The average Bonchev–Trinajstić information content (AvgIpc) is 2.47. The number of carbonyl (C=O) groups excluding carboxylic acids is 1. The molecule has 2 rings (SSSR count). The Morgan fingerprint density at radius 2 is 2.16 bits per heavy atom. The molecule has 1 saturated heterocycles. The number of likely N-dealkylation sites (tertiary alicyclic amines) is 1. The molecule has 0 radical (unpaired) electrons. The lowest BCUT2D eigenvalue weighted by atomic mass is 9.78. The highest BCUT2D eigenvalue weighted by Crippen LogP contribution is 2.34. The zero-order valence-electron chi connectivity index (χ0n) is 12.1. The molecule has 0 bridgehead atoms. The van der Waals surface area contributed by atoms with Gasteiger partial charge in [0.1, 0.15) is 5.82 Å². The third-order valence-corrected chi connectivity index (χ3v) is 4.39. The van der Waals surface area contributed by atoms with Crippen molar-refractivity contribution < 1.29 is 4.79 Å². The highest BCUT2D eigenvalue weighted by atomic mass is 16.2. The molecule has 1 aromatic heterocycles. The van der Waals surface area contributed by atoms with Gasteiger partial charge in [-0.2, -0.15) is 0 Å². The Bertz CT molecular complexity index is 450. The highest BCUT2D eigenvalue weighted by Gasteiger charge is 2.31. The zero-order valence-corrected chi connectivity index (χ0v) is 12.1. The predicted molar refractivity (Wildman–Crippen MR) is 77.3 cm³/mol. The van der Waals surface area contributed by atoms with Gasteiger partial charge in [0.05, 0.1) is 5.56 Å². The van der Waals surface area contributed by atoms with Gasteiger partial charge in [0.25, 0.3) is 5.91 Å². The minimum atomic E-state index is 0.0932. The summed E-state index contributed by atoms with van der Waals surface area (Å²) in [5, 5.41) is 2.98. The third-order valence-electron chi connectivity index (χ3n) is 4.39. The Balaban J connectivity index is 2.09. The monoisotopic (exact) mass is 261 g/mol. The largest absolute Gasteiger partial charge is 0.372 e. The smallest absolute Gasteiger partial charge is 0.257 e. The summed E-state index contributed by atoms with van der Waals surface area (Å²) in [6.45, 7) is 6.25. The van der Waals surface area contributed by atoms with Crippen molar-refractivity contribution in [2.45, 2.75) is 33.1 Å². The number of hydrogen-bond acceptors (Lipinski definition) is 3. The summed E-state index contributed by atoms with van der Waals surface area (Å²) in [4.78, 5) is 18.7. The van der Waals surface area contributed by atoms with Crippen LogP contribution in [0.5, 0.6) is 0 Å². The average molecular weight is 261 g/mol. The van der Waals surface area contributed by atoms with Gasteiger partial charge in [-0.1, -0.05) is 20.3 Å². The van der Waals surface area contributed by atoms with Crippen molar-refractivity contribution in [1.29, 1.82) is 0 Å². The van der Waals surface area contributed by atoms with Crippen LogP contribution in [0.3, 0.4) is 0 Å². The minimum Gasteiger partial charge on any atom is -0.372 e. The molecule has 1 N–H and O–H groups in total. The molecular formula is C15H23N3O. The lowest BCUT2D eigenvalue weighted by Gasteiger charge is -2.39. The van der Waals surface area contributed by atoms with Crippen LogP contribution in [0.15, 0.2) is 18.3 Å². The Morgan fingerprint density at radius 1 is 1.47 bits per heavy atom. The van der Waals surface area contributed by atoms with E-state index in [1.54, 1.807) is 13.2 Å². The van der Waals surface area contributed by atoms with Gasteiger partial charge in [-0.3, -0.25) is 4.79 Å². The number of aromatic nitrogens is 1. The van der Waals surface area contributed by atoms with Crippen LogP contribution in [-0.2, 0) is 0 Å². The van der Waals surface area contributed by atoms with Crippen LogP contribution in [0.25, 0.3) is 0 Å². The molecule has 0 saturated carbocycles. The van der Waals surface area contributed by atoms with Crippen molar-refractivity contribution >= 4 is 11.7 Å². The first-order valence-electron chi connectivity index (χ1n) is 7.02. The molecule has 2 heterocycles. The first-order chi connectivity index (χ1) is 9.09. The van der Waals surface area contributed by atoms with Crippen LogP contribution in [-0.4, -0.2) is 35.9 Å². The number of carbonyl (C=O) groups is 1. The SMILES string of the molecule is CCC1(C)CCN(C(=O)c2cccnc2NC)CC1. The van der Waals surface area contributed by atoms with Crippen molar-refractivity contribution in [2.75, 3.05) is 25.5 Å². The topological polar surface area (TPSA) is 45.2 Å². The van der Waals surface area contributed by atoms with E-state index in [-0.39, 0.29) is 5.91 Å². The molecule has 1 aromatic rings. The Hall–Kier alpha value is -1.58. The van der Waals surface area contributed by atoms with Crippen LogP contribution in [0.4, 0.5) is 5.82 Å². The van der Waals surface area contributed by atoms with Gasteiger partial charge in [0.2, 0.25) is 0 Å². The van der Waals surface area contributed by atoms with Crippen LogP contribution in [0.1, 0.15) is 43.5 Å². The molecular weight excluding hydrogens is 238 g/mol. The second-order valence-corrected chi connectivity index (χ2v) is 5.61. The van der Waals surface area contributed by atoms with E-state index >= 15 is 0 Å². The van der Waals surface area contributed by atoms with Gasteiger partial charge in [0.15, 0.2) is 0 Å². The molecule has 104 valence electrons. The van der Waals surface area contributed by atoms with Crippen LogP contribution < -0.4 is 5.32 Å². The van der Waals surface area contributed by atoms with Crippen molar-refractivity contribution in [3.8, 4) is 0 Å². The van der Waals surface area contributed by atoms with Gasteiger partial charge in [0, 0.05) is 26.3 Å². The number of nitrogens with one attached hydrogen (secondary N) is 1. The summed E-state index contributed by atoms with van der Waals surface area (Å²) >= 11 is 0. The van der Waals surface area contributed by atoms with Crippen LogP contribution >= 0.6 is 0 Å². The van der Waals surface area contributed by atoms with E-state index in [9.17, 15) is 4.79 Å². The van der Waals surface area contributed by atoms with E-state index < -0.39 is 0 Å². The van der Waals surface area contributed by atoms with Gasteiger partial charge in [-0.15, -0.1) is 0 Å². The predicted octanol–water partition coefficient (Wildman–Crippen LogP) is 2.78. The number of hydrogen-bond donors (Lipinski definition) is 1. The molecule has 0 unspecified atom stereocenters. The zero-order chi connectivity index (χ0) is 13.9.